The van der Waals surface area contributed by atoms with Crippen LogP contribution in [0.15, 0.2) is 24.3 Å². The molecule has 1 saturated heterocycles. The van der Waals surface area contributed by atoms with E-state index in [0.29, 0.717) is 17.2 Å². The molecule has 19 heavy (non-hydrogen) atoms. The van der Waals surface area contributed by atoms with Gasteiger partial charge in [0.15, 0.2) is 0 Å². The molecular weight excluding hydrogens is 240 g/mol. The highest BCUT2D eigenvalue weighted by Gasteiger charge is 2.21. The highest BCUT2D eigenvalue weighted by molar-refractivity contribution is 5.99. The number of anilines is 1. The zero-order valence-electron chi connectivity index (χ0n) is 11.4. The minimum atomic E-state index is -0.0662. The molecule has 0 radical (unpaired) electrons. The Kier molecular flexibility index (Phi) is 4.76. The summed E-state index contributed by atoms with van der Waals surface area (Å²) in [5.41, 5.74) is 3.80. The van der Waals surface area contributed by atoms with E-state index in [0.717, 1.165) is 32.6 Å². The maximum Gasteiger partial charge on any atom is 0.253 e. The van der Waals surface area contributed by atoms with Crippen molar-refractivity contribution in [1.29, 1.82) is 0 Å². The van der Waals surface area contributed by atoms with Gasteiger partial charge in [-0.2, -0.15) is 0 Å². The van der Waals surface area contributed by atoms with Crippen LogP contribution in [0.1, 0.15) is 23.7 Å². The van der Waals surface area contributed by atoms with Gasteiger partial charge in [-0.3, -0.25) is 10.6 Å². The number of rotatable bonds is 5. The van der Waals surface area contributed by atoms with Crippen molar-refractivity contribution in [1.82, 2.24) is 10.2 Å². The van der Waals surface area contributed by atoms with Gasteiger partial charge in [-0.25, -0.2) is 0 Å². The zero-order valence-corrected chi connectivity index (χ0v) is 11.4. The average molecular weight is 262 g/mol. The number of likely N-dealkylation sites (tertiary alicyclic amines) is 1. The molecule has 0 aliphatic carbocycles. The van der Waals surface area contributed by atoms with Crippen LogP contribution in [0.25, 0.3) is 0 Å². The molecule has 1 unspecified atom stereocenters. The van der Waals surface area contributed by atoms with E-state index in [4.69, 9.17) is 5.84 Å². The summed E-state index contributed by atoms with van der Waals surface area (Å²) >= 11 is 0. The van der Waals surface area contributed by atoms with E-state index in [9.17, 15) is 4.79 Å². The van der Waals surface area contributed by atoms with Gasteiger partial charge in [0.05, 0.1) is 11.3 Å². The summed E-state index contributed by atoms with van der Waals surface area (Å²) < 4.78 is 0. The molecule has 0 bridgehead atoms. The Morgan fingerprint density at radius 1 is 1.47 bits per heavy atom. The Morgan fingerprint density at radius 2 is 2.26 bits per heavy atom. The molecule has 5 nitrogen and oxygen atoms in total. The Morgan fingerprint density at radius 3 is 2.95 bits per heavy atom. The molecule has 0 spiro atoms. The molecule has 1 heterocycles. The highest BCUT2D eigenvalue weighted by atomic mass is 16.1. The van der Waals surface area contributed by atoms with E-state index in [2.05, 4.69) is 22.6 Å². The van der Waals surface area contributed by atoms with Gasteiger partial charge in [-0.05, 0) is 37.6 Å². The van der Waals surface area contributed by atoms with Gasteiger partial charge in [0.25, 0.3) is 5.91 Å². The van der Waals surface area contributed by atoms with E-state index in [1.54, 1.807) is 12.1 Å². The molecule has 4 N–H and O–H groups in total. The van der Waals surface area contributed by atoms with Gasteiger partial charge in [-0.1, -0.05) is 19.1 Å². The maximum atomic E-state index is 12.1. The number of carbonyl (C=O) groups excluding carboxylic acids is 1. The third kappa shape index (κ3) is 3.45. The minimum Gasteiger partial charge on any atom is -0.352 e. The molecule has 0 saturated carbocycles. The molecule has 1 amide bonds. The fourth-order valence-electron chi connectivity index (χ4n) is 2.51. The van der Waals surface area contributed by atoms with Crippen molar-refractivity contribution >= 4 is 11.6 Å². The Balaban J connectivity index is 1.88. The summed E-state index contributed by atoms with van der Waals surface area (Å²) in [6.45, 7) is 6.20. The lowest BCUT2D eigenvalue weighted by atomic mass is 10.1. The van der Waals surface area contributed by atoms with Gasteiger partial charge in [0, 0.05) is 13.1 Å². The first-order chi connectivity index (χ1) is 9.24. The fourth-order valence-corrected chi connectivity index (χ4v) is 2.51. The second-order valence-electron chi connectivity index (χ2n) is 4.95. The fraction of sp³-hybridized carbons (Fsp3) is 0.500. The number of benzene rings is 1. The van der Waals surface area contributed by atoms with Gasteiger partial charge < -0.3 is 15.6 Å². The van der Waals surface area contributed by atoms with Gasteiger partial charge in [0.1, 0.15) is 0 Å². The average Bonchev–Trinajstić information content (AvgIpc) is 2.92. The van der Waals surface area contributed by atoms with Gasteiger partial charge >= 0.3 is 0 Å². The quantitative estimate of drug-likeness (QED) is 0.548. The monoisotopic (exact) mass is 262 g/mol. The number of nitrogens with one attached hydrogen (secondary N) is 2. The molecule has 1 aromatic carbocycles. The van der Waals surface area contributed by atoms with Gasteiger partial charge in [0.2, 0.25) is 0 Å². The van der Waals surface area contributed by atoms with Crippen LogP contribution in [-0.4, -0.2) is 37.0 Å². The van der Waals surface area contributed by atoms with Crippen LogP contribution in [0.5, 0.6) is 0 Å². The topological polar surface area (TPSA) is 70.4 Å². The van der Waals surface area contributed by atoms with Crippen LogP contribution in [0.3, 0.4) is 0 Å². The first-order valence-corrected chi connectivity index (χ1v) is 6.80. The smallest absolute Gasteiger partial charge is 0.253 e. The molecule has 1 aliphatic heterocycles. The number of hydrogen-bond donors (Lipinski definition) is 3. The van der Waals surface area contributed by atoms with Crippen LogP contribution in [-0.2, 0) is 0 Å². The summed E-state index contributed by atoms with van der Waals surface area (Å²) in [7, 11) is 0. The molecule has 1 aliphatic rings. The highest BCUT2D eigenvalue weighted by Crippen LogP contribution is 2.16. The summed E-state index contributed by atoms with van der Waals surface area (Å²) in [5.74, 6) is 5.90. The van der Waals surface area contributed by atoms with Crippen LogP contribution < -0.4 is 16.6 Å². The molecule has 1 fully saturated rings. The van der Waals surface area contributed by atoms with Crippen molar-refractivity contribution in [2.45, 2.75) is 13.3 Å². The van der Waals surface area contributed by atoms with Crippen molar-refractivity contribution in [2.75, 3.05) is 31.6 Å². The van der Waals surface area contributed by atoms with E-state index in [1.807, 2.05) is 12.1 Å². The second kappa shape index (κ2) is 6.54. The van der Waals surface area contributed by atoms with E-state index in [-0.39, 0.29) is 5.91 Å². The SMILES string of the molecule is CCN1CCC(CNC(=O)c2ccccc2NN)C1. The summed E-state index contributed by atoms with van der Waals surface area (Å²) in [5, 5.41) is 3.00. The molecule has 1 aromatic rings. The van der Waals surface area contributed by atoms with Crippen molar-refractivity contribution in [2.24, 2.45) is 11.8 Å². The minimum absolute atomic E-state index is 0.0662. The molecular formula is C14H22N4O. The Bertz CT molecular complexity index is 435. The van der Waals surface area contributed by atoms with Crippen LogP contribution >= 0.6 is 0 Å². The number of carbonyl (C=O) groups is 1. The first-order valence-electron chi connectivity index (χ1n) is 6.80. The second-order valence-corrected chi connectivity index (χ2v) is 4.95. The largest absolute Gasteiger partial charge is 0.352 e. The number of hydrazine groups is 1. The van der Waals surface area contributed by atoms with Crippen LogP contribution in [0, 0.1) is 5.92 Å². The number of nitrogens with two attached hydrogens (primary N) is 1. The predicted molar refractivity (Wildman–Crippen MR) is 76.8 cm³/mol. The standard InChI is InChI=1S/C14H22N4O/c1-2-18-8-7-11(10-18)9-16-14(19)12-5-3-4-6-13(12)17-15/h3-6,11,17H,2,7-10,15H2,1H3,(H,16,19). The lowest BCUT2D eigenvalue weighted by molar-refractivity contribution is 0.0948. The lowest BCUT2D eigenvalue weighted by Crippen LogP contribution is -2.31. The van der Waals surface area contributed by atoms with Crippen LogP contribution in [0.4, 0.5) is 5.69 Å². The van der Waals surface area contributed by atoms with Crippen molar-refractivity contribution in [3.8, 4) is 0 Å². The molecule has 104 valence electrons. The number of hydrogen-bond acceptors (Lipinski definition) is 4. The van der Waals surface area contributed by atoms with E-state index in [1.165, 1.54) is 0 Å². The maximum absolute atomic E-state index is 12.1. The van der Waals surface area contributed by atoms with Crippen LogP contribution in [0.2, 0.25) is 0 Å². The van der Waals surface area contributed by atoms with E-state index >= 15 is 0 Å². The summed E-state index contributed by atoms with van der Waals surface area (Å²) in [6.07, 6.45) is 1.16. The predicted octanol–water partition coefficient (Wildman–Crippen LogP) is 1.04. The summed E-state index contributed by atoms with van der Waals surface area (Å²) in [6, 6.07) is 7.26. The van der Waals surface area contributed by atoms with Crippen molar-refractivity contribution < 1.29 is 4.79 Å². The zero-order chi connectivity index (χ0) is 13.7. The molecule has 5 heteroatoms. The third-order valence-corrected chi connectivity index (χ3v) is 3.70. The summed E-state index contributed by atoms with van der Waals surface area (Å²) in [4.78, 5) is 14.5. The van der Waals surface area contributed by atoms with Crippen molar-refractivity contribution in [3.63, 3.8) is 0 Å². The number of amides is 1. The normalized spacial score (nSPS) is 19.4. The number of nitrogens with zero attached hydrogens (tertiary/aromatic N) is 1. The van der Waals surface area contributed by atoms with Crippen molar-refractivity contribution in [3.05, 3.63) is 29.8 Å². The number of para-hydroxylation sites is 1. The Labute approximate surface area is 114 Å². The van der Waals surface area contributed by atoms with Gasteiger partial charge in [-0.15, -0.1) is 0 Å². The number of nitrogen functional groups attached to an aromatic ring is 1. The molecule has 2 rings (SSSR count). The van der Waals surface area contributed by atoms with E-state index < -0.39 is 0 Å². The lowest BCUT2D eigenvalue weighted by Gasteiger charge is -2.14. The first kappa shape index (κ1) is 13.8. The molecule has 1 atom stereocenters. The molecule has 0 aromatic heterocycles. The Hall–Kier alpha value is -1.59. The third-order valence-electron chi connectivity index (χ3n) is 3.70.